The molecule has 0 aliphatic heterocycles. The van der Waals surface area contributed by atoms with E-state index < -0.39 is 26.7 Å². The van der Waals surface area contributed by atoms with E-state index in [-0.39, 0.29) is 19.0 Å². The third-order valence-corrected chi connectivity index (χ3v) is 4.47. The minimum Gasteiger partial charge on any atom is -0.318 e. The zero-order valence-electron chi connectivity index (χ0n) is 10.9. The van der Waals surface area contributed by atoms with Crippen molar-refractivity contribution in [2.45, 2.75) is 11.1 Å². The zero-order chi connectivity index (χ0) is 14.7. The van der Waals surface area contributed by atoms with Crippen LogP contribution < -0.4 is 5.32 Å². The van der Waals surface area contributed by atoms with Crippen molar-refractivity contribution >= 4 is 22.4 Å². The SMILES string of the molecule is CNCCN(C)S(=O)(=O)c1ccccc1C(F)(F)F.Cl. The first-order valence-electron chi connectivity index (χ1n) is 5.48. The van der Waals surface area contributed by atoms with Crippen molar-refractivity contribution in [3.63, 3.8) is 0 Å². The maximum atomic E-state index is 12.8. The number of benzene rings is 1. The molecule has 0 saturated heterocycles. The second-order valence-electron chi connectivity index (χ2n) is 3.92. The quantitative estimate of drug-likeness (QED) is 0.897. The molecule has 0 atom stereocenters. The molecule has 0 aliphatic carbocycles. The first-order chi connectivity index (χ1) is 8.71. The predicted molar refractivity (Wildman–Crippen MR) is 72.4 cm³/mol. The van der Waals surface area contributed by atoms with Crippen molar-refractivity contribution in [3.05, 3.63) is 29.8 Å². The molecular weight excluding hydrogens is 317 g/mol. The molecule has 1 N–H and O–H groups in total. The van der Waals surface area contributed by atoms with Gasteiger partial charge in [-0.05, 0) is 19.2 Å². The minimum absolute atomic E-state index is 0. The Bertz CT molecular complexity index is 535. The van der Waals surface area contributed by atoms with Crippen LogP contribution in [-0.4, -0.2) is 39.9 Å². The zero-order valence-corrected chi connectivity index (χ0v) is 12.6. The molecule has 0 spiro atoms. The van der Waals surface area contributed by atoms with Crippen molar-refractivity contribution in [1.29, 1.82) is 0 Å². The number of rotatable bonds is 5. The van der Waals surface area contributed by atoms with Crippen LogP contribution in [0.1, 0.15) is 5.56 Å². The summed E-state index contributed by atoms with van der Waals surface area (Å²) in [6.07, 6.45) is -4.70. The third-order valence-electron chi connectivity index (χ3n) is 2.56. The lowest BCUT2D eigenvalue weighted by Gasteiger charge is -2.20. The van der Waals surface area contributed by atoms with E-state index in [9.17, 15) is 21.6 Å². The fraction of sp³-hybridized carbons (Fsp3) is 0.455. The molecule has 1 rings (SSSR count). The van der Waals surface area contributed by atoms with E-state index in [0.29, 0.717) is 6.54 Å². The summed E-state index contributed by atoms with van der Waals surface area (Å²) in [5.74, 6) is 0. The molecular formula is C11H16ClF3N2O2S. The highest BCUT2D eigenvalue weighted by atomic mass is 35.5. The molecule has 1 aromatic carbocycles. The highest BCUT2D eigenvalue weighted by Crippen LogP contribution is 2.34. The van der Waals surface area contributed by atoms with Gasteiger partial charge in [0, 0.05) is 20.1 Å². The number of nitrogens with zero attached hydrogens (tertiary/aromatic N) is 1. The fourth-order valence-electron chi connectivity index (χ4n) is 1.48. The summed E-state index contributed by atoms with van der Waals surface area (Å²) >= 11 is 0. The number of sulfonamides is 1. The van der Waals surface area contributed by atoms with Gasteiger partial charge in [0.2, 0.25) is 10.0 Å². The molecule has 0 aliphatic rings. The second-order valence-corrected chi connectivity index (χ2v) is 5.94. The van der Waals surface area contributed by atoms with Gasteiger partial charge in [-0.2, -0.15) is 17.5 Å². The highest BCUT2D eigenvalue weighted by Gasteiger charge is 2.37. The molecule has 116 valence electrons. The lowest BCUT2D eigenvalue weighted by Crippen LogP contribution is -2.33. The number of halogens is 4. The molecule has 4 nitrogen and oxygen atoms in total. The standard InChI is InChI=1S/C11H15F3N2O2S.ClH/c1-15-7-8-16(2)19(17,18)10-6-4-3-5-9(10)11(12,13)14;/h3-6,15H,7-8H2,1-2H3;1H. The molecule has 0 unspecified atom stereocenters. The lowest BCUT2D eigenvalue weighted by atomic mass is 10.2. The average Bonchev–Trinajstić information content (AvgIpc) is 2.34. The topological polar surface area (TPSA) is 49.4 Å². The van der Waals surface area contributed by atoms with Gasteiger partial charge >= 0.3 is 6.18 Å². The maximum absolute atomic E-state index is 12.8. The molecule has 0 radical (unpaired) electrons. The smallest absolute Gasteiger partial charge is 0.318 e. The molecule has 20 heavy (non-hydrogen) atoms. The number of alkyl halides is 3. The Hall–Kier alpha value is -0.830. The second kappa shape index (κ2) is 7.26. The Kier molecular flexibility index (Phi) is 6.96. The van der Waals surface area contributed by atoms with Crippen LogP contribution in [0.5, 0.6) is 0 Å². The predicted octanol–water partition coefficient (Wildman–Crippen LogP) is 1.97. The summed E-state index contributed by atoms with van der Waals surface area (Å²) in [6, 6.07) is 4.16. The van der Waals surface area contributed by atoms with Crippen LogP contribution in [-0.2, 0) is 16.2 Å². The van der Waals surface area contributed by atoms with Crippen LogP contribution in [0, 0.1) is 0 Å². The molecule has 0 saturated carbocycles. The van der Waals surface area contributed by atoms with Crippen LogP contribution >= 0.6 is 12.4 Å². The number of hydrogen-bond acceptors (Lipinski definition) is 3. The minimum atomic E-state index is -4.70. The largest absolute Gasteiger partial charge is 0.417 e. The van der Waals surface area contributed by atoms with Crippen molar-refractivity contribution in [3.8, 4) is 0 Å². The van der Waals surface area contributed by atoms with E-state index in [2.05, 4.69) is 5.32 Å². The van der Waals surface area contributed by atoms with Crippen LogP contribution in [0.4, 0.5) is 13.2 Å². The Labute approximate surface area is 122 Å². The third kappa shape index (κ3) is 4.34. The summed E-state index contributed by atoms with van der Waals surface area (Å²) in [5, 5.41) is 2.74. The van der Waals surface area contributed by atoms with Crippen molar-refractivity contribution < 1.29 is 21.6 Å². The summed E-state index contributed by atoms with van der Waals surface area (Å²) in [6.45, 7) is 0.439. The molecule has 9 heteroatoms. The van der Waals surface area contributed by atoms with Crippen LogP contribution in [0.15, 0.2) is 29.2 Å². The Morgan fingerprint density at radius 1 is 1.25 bits per heavy atom. The van der Waals surface area contributed by atoms with E-state index in [1.807, 2.05) is 0 Å². The van der Waals surface area contributed by atoms with Crippen LogP contribution in [0.3, 0.4) is 0 Å². The lowest BCUT2D eigenvalue weighted by molar-refractivity contribution is -0.139. The van der Waals surface area contributed by atoms with Crippen LogP contribution in [0.2, 0.25) is 0 Å². The van der Waals surface area contributed by atoms with E-state index >= 15 is 0 Å². The van der Waals surface area contributed by atoms with Crippen molar-refractivity contribution in [1.82, 2.24) is 9.62 Å². The first-order valence-corrected chi connectivity index (χ1v) is 6.92. The van der Waals surface area contributed by atoms with Gasteiger partial charge in [-0.3, -0.25) is 0 Å². The van der Waals surface area contributed by atoms with Gasteiger partial charge in [0.05, 0.1) is 10.5 Å². The summed E-state index contributed by atoms with van der Waals surface area (Å²) < 4.78 is 63.5. The molecule has 1 aromatic rings. The van der Waals surface area contributed by atoms with Gasteiger partial charge in [0.1, 0.15) is 0 Å². The van der Waals surface area contributed by atoms with Gasteiger partial charge < -0.3 is 5.32 Å². The fourth-order valence-corrected chi connectivity index (χ4v) is 2.86. The molecule has 0 aromatic heterocycles. The van der Waals surface area contributed by atoms with E-state index in [0.717, 1.165) is 22.5 Å². The molecule has 0 fully saturated rings. The van der Waals surface area contributed by atoms with Gasteiger partial charge in [0.15, 0.2) is 0 Å². The van der Waals surface area contributed by atoms with Crippen molar-refractivity contribution in [2.24, 2.45) is 0 Å². The van der Waals surface area contributed by atoms with Gasteiger partial charge in [-0.25, -0.2) is 8.42 Å². The van der Waals surface area contributed by atoms with Gasteiger partial charge in [-0.15, -0.1) is 12.4 Å². The Balaban J connectivity index is 0.00000361. The summed E-state index contributed by atoms with van der Waals surface area (Å²) in [4.78, 5) is -0.721. The van der Waals surface area contributed by atoms with E-state index in [1.54, 1.807) is 7.05 Å². The Morgan fingerprint density at radius 2 is 1.80 bits per heavy atom. The first kappa shape index (κ1) is 19.2. The van der Waals surface area contributed by atoms with Gasteiger partial charge in [-0.1, -0.05) is 12.1 Å². The summed E-state index contributed by atoms with van der Waals surface area (Å²) in [5.41, 5.74) is -1.15. The number of hydrogen-bond donors (Lipinski definition) is 1. The number of likely N-dealkylation sites (N-methyl/N-ethyl adjacent to an activating group) is 2. The number of nitrogens with one attached hydrogen (secondary N) is 1. The molecule has 0 amide bonds. The van der Waals surface area contributed by atoms with Crippen LogP contribution in [0.25, 0.3) is 0 Å². The van der Waals surface area contributed by atoms with E-state index in [1.165, 1.54) is 13.1 Å². The monoisotopic (exact) mass is 332 g/mol. The maximum Gasteiger partial charge on any atom is 0.417 e. The van der Waals surface area contributed by atoms with Crippen molar-refractivity contribution in [2.75, 3.05) is 27.2 Å². The normalized spacial score (nSPS) is 12.3. The summed E-state index contributed by atoms with van der Waals surface area (Å²) in [7, 11) is -1.27. The average molecular weight is 333 g/mol. The Morgan fingerprint density at radius 3 is 2.30 bits per heavy atom. The molecule has 0 bridgehead atoms. The van der Waals surface area contributed by atoms with Gasteiger partial charge in [0.25, 0.3) is 0 Å². The van der Waals surface area contributed by atoms with E-state index in [4.69, 9.17) is 0 Å². The molecule has 0 heterocycles. The highest BCUT2D eigenvalue weighted by molar-refractivity contribution is 7.89.